The highest BCUT2D eigenvalue weighted by molar-refractivity contribution is 5.78. The van der Waals surface area contributed by atoms with Gasteiger partial charge in [0.2, 0.25) is 12.3 Å². The van der Waals surface area contributed by atoms with Gasteiger partial charge in [-0.25, -0.2) is 0 Å². The van der Waals surface area contributed by atoms with Crippen LogP contribution >= 0.6 is 0 Å². The molecule has 0 saturated heterocycles. The Kier molecular flexibility index (Phi) is 3.51. The maximum absolute atomic E-state index is 11.8. The number of carbonyl (C=O) groups is 1. The zero-order valence-corrected chi connectivity index (χ0v) is 9.35. The van der Waals surface area contributed by atoms with Gasteiger partial charge in [-0.1, -0.05) is 5.16 Å². The van der Waals surface area contributed by atoms with Gasteiger partial charge >= 0.3 is 0 Å². The number of hydrogen-bond acceptors (Lipinski definition) is 5. The van der Waals surface area contributed by atoms with Crippen LogP contribution in [0.4, 0.5) is 0 Å². The zero-order chi connectivity index (χ0) is 11.4. The van der Waals surface area contributed by atoms with Crippen molar-refractivity contribution >= 4 is 5.91 Å². The third-order valence-electron chi connectivity index (χ3n) is 2.61. The van der Waals surface area contributed by atoms with Gasteiger partial charge < -0.3 is 14.7 Å². The third kappa shape index (κ3) is 2.79. The van der Waals surface area contributed by atoms with Crippen molar-refractivity contribution in [1.29, 1.82) is 0 Å². The van der Waals surface area contributed by atoms with E-state index in [1.807, 2.05) is 11.8 Å². The highest BCUT2D eigenvalue weighted by Gasteiger charge is 2.30. The van der Waals surface area contributed by atoms with Crippen molar-refractivity contribution in [2.75, 3.05) is 13.1 Å². The topological polar surface area (TPSA) is 71.3 Å². The van der Waals surface area contributed by atoms with Crippen LogP contribution in [-0.4, -0.2) is 40.1 Å². The Morgan fingerprint density at radius 2 is 2.50 bits per heavy atom. The molecule has 0 aromatic carbocycles. The summed E-state index contributed by atoms with van der Waals surface area (Å²) in [4.78, 5) is 17.6. The maximum atomic E-state index is 11.8. The smallest absolute Gasteiger partial charge is 0.236 e. The van der Waals surface area contributed by atoms with E-state index in [0.717, 1.165) is 19.4 Å². The number of nitrogens with zero attached hydrogens (tertiary/aromatic N) is 3. The number of nitrogens with one attached hydrogen (secondary N) is 1. The molecule has 1 aliphatic carbocycles. The predicted octanol–water partition coefficient (Wildman–Crippen LogP) is 0.170. The second-order valence-electron chi connectivity index (χ2n) is 3.86. The minimum Gasteiger partial charge on any atom is -0.343 e. The number of carbonyl (C=O) groups excluding carboxylic acids is 1. The lowest BCUT2D eigenvalue weighted by Crippen LogP contribution is -2.39. The number of likely N-dealkylation sites (N-methyl/N-ethyl adjacent to an activating group) is 1. The first-order valence-corrected chi connectivity index (χ1v) is 5.56. The fraction of sp³-hybridized carbons (Fsp3) is 0.700. The van der Waals surface area contributed by atoms with Crippen LogP contribution in [0.3, 0.4) is 0 Å². The summed E-state index contributed by atoms with van der Waals surface area (Å²) in [5, 5.41) is 6.66. The highest BCUT2D eigenvalue weighted by Crippen LogP contribution is 2.26. The minimum absolute atomic E-state index is 0.147. The molecule has 0 bridgehead atoms. The van der Waals surface area contributed by atoms with E-state index in [1.54, 1.807) is 0 Å². The molecule has 0 aliphatic heterocycles. The Balaban J connectivity index is 1.70. The third-order valence-corrected chi connectivity index (χ3v) is 2.61. The average molecular weight is 224 g/mol. The summed E-state index contributed by atoms with van der Waals surface area (Å²) >= 11 is 0. The summed E-state index contributed by atoms with van der Waals surface area (Å²) in [5.74, 6) is 0.718. The summed E-state index contributed by atoms with van der Waals surface area (Å²) in [7, 11) is 0. The average Bonchev–Trinajstić information content (AvgIpc) is 2.96. The van der Waals surface area contributed by atoms with Gasteiger partial charge in [-0.15, -0.1) is 0 Å². The van der Waals surface area contributed by atoms with Crippen LogP contribution in [0.5, 0.6) is 0 Å². The second kappa shape index (κ2) is 5.07. The molecule has 1 amide bonds. The molecule has 1 aromatic heterocycles. The minimum atomic E-state index is 0.147. The fourth-order valence-corrected chi connectivity index (χ4v) is 1.68. The van der Waals surface area contributed by atoms with Crippen molar-refractivity contribution in [3.8, 4) is 0 Å². The van der Waals surface area contributed by atoms with Crippen LogP contribution in [-0.2, 0) is 11.3 Å². The van der Waals surface area contributed by atoms with Gasteiger partial charge in [0.1, 0.15) is 0 Å². The first-order chi connectivity index (χ1) is 7.81. The molecular formula is C10H16N4O2. The van der Waals surface area contributed by atoms with E-state index >= 15 is 0 Å². The van der Waals surface area contributed by atoms with Gasteiger partial charge in [0.05, 0.1) is 13.1 Å². The van der Waals surface area contributed by atoms with Gasteiger partial charge in [-0.05, 0) is 19.8 Å². The van der Waals surface area contributed by atoms with Crippen molar-refractivity contribution in [3.63, 3.8) is 0 Å². The molecule has 6 heteroatoms. The molecule has 88 valence electrons. The van der Waals surface area contributed by atoms with E-state index in [2.05, 4.69) is 20.0 Å². The first kappa shape index (κ1) is 11.1. The molecule has 0 spiro atoms. The maximum Gasteiger partial charge on any atom is 0.236 e. The van der Waals surface area contributed by atoms with Crippen molar-refractivity contribution < 1.29 is 9.32 Å². The summed E-state index contributed by atoms with van der Waals surface area (Å²) in [6.07, 6.45) is 3.57. The molecule has 16 heavy (non-hydrogen) atoms. The van der Waals surface area contributed by atoms with Crippen LogP contribution in [0.1, 0.15) is 25.6 Å². The van der Waals surface area contributed by atoms with Crippen molar-refractivity contribution in [2.24, 2.45) is 0 Å². The fourth-order valence-electron chi connectivity index (χ4n) is 1.68. The van der Waals surface area contributed by atoms with Crippen LogP contribution < -0.4 is 5.32 Å². The molecule has 1 aliphatic rings. The van der Waals surface area contributed by atoms with E-state index in [9.17, 15) is 4.79 Å². The number of hydrogen-bond donors (Lipinski definition) is 1. The normalized spacial score (nSPS) is 15.1. The zero-order valence-electron chi connectivity index (χ0n) is 9.35. The highest BCUT2D eigenvalue weighted by atomic mass is 16.5. The van der Waals surface area contributed by atoms with E-state index in [1.165, 1.54) is 6.39 Å². The van der Waals surface area contributed by atoms with Crippen LogP contribution in [0, 0.1) is 0 Å². The van der Waals surface area contributed by atoms with Crippen LogP contribution in [0.2, 0.25) is 0 Å². The van der Waals surface area contributed by atoms with Crippen molar-refractivity contribution in [2.45, 2.75) is 32.4 Å². The summed E-state index contributed by atoms with van der Waals surface area (Å²) in [6.45, 7) is 3.59. The van der Waals surface area contributed by atoms with Crippen LogP contribution in [0.25, 0.3) is 0 Å². The molecular weight excluding hydrogens is 208 g/mol. The number of aromatic nitrogens is 2. The largest absolute Gasteiger partial charge is 0.343 e. The van der Waals surface area contributed by atoms with Crippen molar-refractivity contribution in [3.05, 3.63) is 12.2 Å². The Morgan fingerprint density at radius 3 is 3.06 bits per heavy atom. The lowest BCUT2D eigenvalue weighted by atomic mass is 10.4. The molecule has 0 unspecified atom stereocenters. The Labute approximate surface area is 94.0 Å². The number of amides is 1. The van der Waals surface area contributed by atoms with E-state index in [0.29, 0.717) is 25.0 Å². The molecule has 2 rings (SSSR count). The van der Waals surface area contributed by atoms with E-state index in [4.69, 9.17) is 0 Å². The van der Waals surface area contributed by atoms with Crippen LogP contribution in [0.15, 0.2) is 10.9 Å². The second-order valence-corrected chi connectivity index (χ2v) is 3.86. The molecule has 1 fully saturated rings. The van der Waals surface area contributed by atoms with Gasteiger partial charge in [-0.2, -0.15) is 4.98 Å². The molecule has 1 N–H and O–H groups in total. The number of rotatable bonds is 6. The van der Waals surface area contributed by atoms with Crippen molar-refractivity contribution in [1.82, 2.24) is 20.4 Å². The molecule has 1 aromatic rings. The molecule has 0 atom stereocenters. The molecule has 6 nitrogen and oxygen atoms in total. The molecule has 1 saturated carbocycles. The van der Waals surface area contributed by atoms with Gasteiger partial charge in [0.15, 0.2) is 5.82 Å². The molecule has 0 radical (unpaired) electrons. The first-order valence-electron chi connectivity index (χ1n) is 5.56. The Morgan fingerprint density at radius 1 is 1.69 bits per heavy atom. The monoisotopic (exact) mass is 224 g/mol. The Hall–Kier alpha value is -1.43. The summed E-state index contributed by atoms with van der Waals surface area (Å²) in [6, 6.07) is 0.476. The predicted molar refractivity (Wildman–Crippen MR) is 56.4 cm³/mol. The Bertz CT molecular complexity index is 335. The van der Waals surface area contributed by atoms with Gasteiger partial charge in [-0.3, -0.25) is 4.79 Å². The van der Waals surface area contributed by atoms with Gasteiger partial charge in [0.25, 0.3) is 0 Å². The lowest BCUT2D eigenvalue weighted by molar-refractivity contribution is -0.130. The summed E-state index contributed by atoms with van der Waals surface area (Å²) < 4.78 is 4.59. The quantitative estimate of drug-likeness (QED) is 0.745. The SMILES string of the molecule is CCN(C(=O)CNCc1ncon1)C1CC1. The van der Waals surface area contributed by atoms with E-state index in [-0.39, 0.29) is 5.91 Å². The van der Waals surface area contributed by atoms with Gasteiger partial charge in [0, 0.05) is 12.6 Å². The standard InChI is InChI=1S/C10H16N4O2/c1-2-14(8-3-4-8)10(15)6-11-5-9-12-7-16-13-9/h7-8,11H,2-6H2,1H3. The summed E-state index contributed by atoms with van der Waals surface area (Å²) in [5.41, 5.74) is 0. The van der Waals surface area contributed by atoms with E-state index < -0.39 is 0 Å². The molecule has 1 heterocycles. The lowest BCUT2D eigenvalue weighted by Gasteiger charge is -2.20.